The molecule has 88 valence electrons. The number of alkyl carbamates (subject to hydrolysis) is 1. The molecule has 0 spiro atoms. The number of nitrogens with one attached hydrogen (secondary N) is 1. The summed E-state index contributed by atoms with van der Waals surface area (Å²) >= 11 is 0. The maximum absolute atomic E-state index is 11.1. The molecule has 0 rings (SSSR count). The number of hydrogen-bond donors (Lipinski definition) is 1. The summed E-state index contributed by atoms with van der Waals surface area (Å²) < 4.78 is 4.86. The first-order valence-electron chi connectivity index (χ1n) is 4.85. The second-order valence-electron chi connectivity index (χ2n) is 3.99. The standard InChI is InChI=1S/C11H16N2O3/c1-5-6-7-8-12-9(14)13-10(15)16-11(2,3)4/h1,8H,6-7H2,2-4H3,(H,13,14,15)/b12-8+. The van der Waals surface area contributed by atoms with Crippen LogP contribution < -0.4 is 5.32 Å². The lowest BCUT2D eigenvalue weighted by molar-refractivity contribution is 0.0550. The van der Waals surface area contributed by atoms with Crippen molar-refractivity contribution in [1.82, 2.24) is 5.32 Å². The molecule has 16 heavy (non-hydrogen) atoms. The largest absolute Gasteiger partial charge is 0.443 e. The summed E-state index contributed by atoms with van der Waals surface area (Å²) in [5.41, 5.74) is -0.641. The first-order valence-corrected chi connectivity index (χ1v) is 4.85. The van der Waals surface area contributed by atoms with Crippen LogP contribution in [0.4, 0.5) is 9.59 Å². The minimum absolute atomic E-state index is 0.498. The van der Waals surface area contributed by atoms with Gasteiger partial charge in [0.2, 0.25) is 0 Å². The fourth-order valence-electron chi connectivity index (χ4n) is 0.719. The van der Waals surface area contributed by atoms with Crippen molar-refractivity contribution >= 4 is 18.3 Å². The summed E-state index contributed by atoms with van der Waals surface area (Å²) in [7, 11) is 0. The van der Waals surface area contributed by atoms with E-state index in [0.717, 1.165) is 0 Å². The van der Waals surface area contributed by atoms with Crippen molar-refractivity contribution in [2.45, 2.75) is 39.2 Å². The number of ether oxygens (including phenoxy) is 1. The molecule has 0 saturated carbocycles. The van der Waals surface area contributed by atoms with E-state index in [2.05, 4.69) is 10.9 Å². The van der Waals surface area contributed by atoms with Crippen LogP contribution in [0.2, 0.25) is 0 Å². The summed E-state index contributed by atoms with van der Waals surface area (Å²) in [5.74, 6) is 2.40. The van der Waals surface area contributed by atoms with Crippen molar-refractivity contribution < 1.29 is 14.3 Å². The molecular formula is C11H16N2O3. The minimum atomic E-state index is -0.813. The number of unbranched alkanes of at least 4 members (excludes halogenated alkanes) is 1. The number of imide groups is 1. The monoisotopic (exact) mass is 224 g/mol. The van der Waals surface area contributed by atoms with E-state index in [0.29, 0.717) is 12.8 Å². The van der Waals surface area contributed by atoms with Crippen molar-refractivity contribution in [1.29, 1.82) is 0 Å². The van der Waals surface area contributed by atoms with Crippen molar-refractivity contribution in [2.24, 2.45) is 4.99 Å². The number of nitrogens with zero attached hydrogens (tertiary/aromatic N) is 1. The first kappa shape index (κ1) is 14.2. The van der Waals surface area contributed by atoms with Gasteiger partial charge in [0.25, 0.3) is 0 Å². The zero-order chi connectivity index (χ0) is 12.6. The second-order valence-corrected chi connectivity index (χ2v) is 3.99. The Bertz CT molecular complexity index is 321. The number of hydrogen-bond acceptors (Lipinski definition) is 3. The van der Waals surface area contributed by atoms with Gasteiger partial charge >= 0.3 is 12.1 Å². The predicted molar refractivity (Wildman–Crippen MR) is 61.3 cm³/mol. The van der Waals surface area contributed by atoms with E-state index >= 15 is 0 Å². The fourth-order valence-corrected chi connectivity index (χ4v) is 0.719. The summed E-state index contributed by atoms with van der Waals surface area (Å²) in [6.45, 7) is 5.10. The van der Waals surface area contributed by atoms with E-state index in [1.807, 2.05) is 5.32 Å². The van der Waals surface area contributed by atoms with E-state index in [1.165, 1.54) is 6.21 Å². The Morgan fingerprint density at radius 3 is 2.62 bits per heavy atom. The molecule has 0 atom stereocenters. The molecule has 3 amide bonds. The van der Waals surface area contributed by atoms with Crippen LogP contribution >= 0.6 is 0 Å². The second kappa shape index (κ2) is 6.62. The number of terminal acetylenes is 1. The Morgan fingerprint density at radius 1 is 1.50 bits per heavy atom. The third-order valence-electron chi connectivity index (χ3n) is 1.23. The molecule has 0 aromatic carbocycles. The van der Waals surface area contributed by atoms with Crippen molar-refractivity contribution in [3.63, 3.8) is 0 Å². The highest BCUT2D eigenvalue weighted by Gasteiger charge is 2.17. The van der Waals surface area contributed by atoms with Gasteiger partial charge in [0.05, 0.1) is 0 Å². The average molecular weight is 224 g/mol. The SMILES string of the molecule is C#CCC/C=N/C(=O)NC(=O)OC(C)(C)C. The molecule has 1 N–H and O–H groups in total. The van der Waals surface area contributed by atoms with Crippen LogP contribution in [-0.4, -0.2) is 23.9 Å². The molecule has 0 heterocycles. The van der Waals surface area contributed by atoms with Crippen LogP contribution in [0.1, 0.15) is 33.6 Å². The minimum Gasteiger partial charge on any atom is -0.443 e. The Balaban J connectivity index is 3.93. The molecule has 0 aliphatic heterocycles. The van der Waals surface area contributed by atoms with Gasteiger partial charge in [0.1, 0.15) is 5.60 Å². The molecule has 0 aliphatic rings. The van der Waals surface area contributed by atoms with Gasteiger partial charge in [-0.05, 0) is 27.2 Å². The smallest absolute Gasteiger partial charge is 0.415 e. The topological polar surface area (TPSA) is 67.8 Å². The van der Waals surface area contributed by atoms with Gasteiger partial charge in [-0.25, -0.2) is 19.9 Å². The van der Waals surface area contributed by atoms with Crippen molar-refractivity contribution in [3.05, 3.63) is 0 Å². The number of aliphatic imine (C=N–C) groups is 1. The zero-order valence-electron chi connectivity index (χ0n) is 9.74. The maximum Gasteiger partial charge on any atom is 0.415 e. The molecule has 5 heteroatoms. The number of urea groups is 1. The number of rotatable bonds is 2. The van der Waals surface area contributed by atoms with Crippen LogP contribution in [-0.2, 0) is 4.74 Å². The van der Waals surface area contributed by atoms with Crippen LogP contribution in [0.5, 0.6) is 0 Å². The Labute approximate surface area is 95.3 Å². The van der Waals surface area contributed by atoms with Gasteiger partial charge in [-0.3, -0.25) is 0 Å². The average Bonchev–Trinajstić information content (AvgIpc) is 2.09. The molecule has 5 nitrogen and oxygen atoms in total. The fraction of sp³-hybridized carbons (Fsp3) is 0.545. The highest BCUT2D eigenvalue weighted by atomic mass is 16.6. The third-order valence-corrected chi connectivity index (χ3v) is 1.23. The molecule has 0 radical (unpaired) electrons. The van der Waals surface area contributed by atoms with Crippen molar-refractivity contribution in [2.75, 3.05) is 0 Å². The molecule has 0 aromatic rings. The van der Waals surface area contributed by atoms with Gasteiger partial charge in [-0.15, -0.1) is 12.3 Å². The van der Waals surface area contributed by atoms with E-state index in [9.17, 15) is 9.59 Å². The van der Waals surface area contributed by atoms with Crippen LogP contribution in [0, 0.1) is 12.3 Å². The van der Waals surface area contributed by atoms with E-state index in [4.69, 9.17) is 11.2 Å². The highest BCUT2D eigenvalue weighted by molar-refractivity contribution is 5.94. The zero-order valence-corrected chi connectivity index (χ0v) is 9.74. The molecule has 0 fully saturated rings. The number of amides is 3. The lowest BCUT2D eigenvalue weighted by Gasteiger charge is -2.18. The number of carbonyl (C=O) groups is 2. The van der Waals surface area contributed by atoms with E-state index < -0.39 is 17.7 Å². The van der Waals surface area contributed by atoms with Crippen molar-refractivity contribution in [3.8, 4) is 12.3 Å². The summed E-state index contributed by atoms with van der Waals surface area (Å²) in [6.07, 6.45) is 6.56. The third kappa shape index (κ3) is 8.75. The Hall–Kier alpha value is -1.83. The van der Waals surface area contributed by atoms with Gasteiger partial charge in [0.15, 0.2) is 0 Å². The van der Waals surface area contributed by atoms with Gasteiger partial charge < -0.3 is 4.74 Å². The van der Waals surface area contributed by atoms with Crippen LogP contribution in [0.3, 0.4) is 0 Å². The molecule has 0 saturated heterocycles. The Morgan fingerprint density at radius 2 is 2.12 bits per heavy atom. The van der Waals surface area contributed by atoms with Gasteiger partial charge in [-0.1, -0.05) is 0 Å². The maximum atomic E-state index is 11.1. The molecule has 0 unspecified atom stereocenters. The summed E-state index contributed by atoms with van der Waals surface area (Å²) in [4.78, 5) is 25.6. The normalized spacial score (nSPS) is 10.9. The highest BCUT2D eigenvalue weighted by Crippen LogP contribution is 2.06. The van der Waals surface area contributed by atoms with E-state index in [-0.39, 0.29) is 0 Å². The molecule has 0 bridgehead atoms. The van der Waals surface area contributed by atoms with Crippen LogP contribution in [0.25, 0.3) is 0 Å². The summed E-state index contributed by atoms with van der Waals surface area (Å²) in [5, 5.41) is 1.96. The molecule has 0 aliphatic carbocycles. The van der Waals surface area contributed by atoms with E-state index in [1.54, 1.807) is 20.8 Å². The Kier molecular flexibility index (Phi) is 5.86. The first-order chi connectivity index (χ1) is 7.35. The van der Waals surface area contributed by atoms with Gasteiger partial charge in [0, 0.05) is 12.6 Å². The molecular weight excluding hydrogens is 208 g/mol. The quantitative estimate of drug-likeness (QED) is 0.443. The van der Waals surface area contributed by atoms with Gasteiger partial charge in [-0.2, -0.15) is 0 Å². The predicted octanol–water partition coefficient (Wildman–Crippen LogP) is 2.12. The lowest BCUT2D eigenvalue weighted by atomic mass is 10.2. The number of carbonyl (C=O) groups excluding carboxylic acids is 2. The lowest BCUT2D eigenvalue weighted by Crippen LogP contribution is -2.34. The summed E-state index contributed by atoms with van der Waals surface area (Å²) in [6, 6.07) is -0.758. The van der Waals surface area contributed by atoms with Crippen LogP contribution in [0.15, 0.2) is 4.99 Å². The molecule has 0 aromatic heterocycles.